The van der Waals surface area contributed by atoms with Crippen LogP contribution in [0, 0.1) is 0 Å². The highest BCUT2D eigenvalue weighted by Gasteiger charge is 2.08. The van der Waals surface area contributed by atoms with E-state index < -0.39 is 0 Å². The van der Waals surface area contributed by atoms with E-state index in [0.717, 1.165) is 35.8 Å². The highest BCUT2D eigenvalue weighted by Crippen LogP contribution is 2.27. The zero-order valence-corrected chi connectivity index (χ0v) is 10.6. The van der Waals surface area contributed by atoms with Crippen molar-refractivity contribution >= 4 is 22.9 Å². The van der Waals surface area contributed by atoms with Gasteiger partial charge in [-0.2, -0.15) is 0 Å². The first kappa shape index (κ1) is 11.6. The lowest BCUT2D eigenvalue weighted by Gasteiger charge is -1.95. The van der Waals surface area contributed by atoms with Gasteiger partial charge in [0.15, 0.2) is 16.0 Å². The van der Waals surface area contributed by atoms with Crippen LogP contribution in [0.15, 0.2) is 21.9 Å². The maximum absolute atomic E-state index is 5.72. The molecule has 0 aliphatic heterocycles. The molecule has 0 aliphatic rings. The van der Waals surface area contributed by atoms with E-state index in [0.29, 0.717) is 5.22 Å². The molecule has 5 heteroatoms. The number of furan rings is 1. The Labute approximate surface area is 103 Å². The summed E-state index contributed by atoms with van der Waals surface area (Å²) >= 11 is 7.31. The third-order valence-electron chi connectivity index (χ3n) is 2.20. The van der Waals surface area contributed by atoms with Gasteiger partial charge in [0.05, 0.1) is 5.69 Å². The van der Waals surface area contributed by atoms with Crippen molar-refractivity contribution in [3.8, 4) is 10.8 Å². The van der Waals surface area contributed by atoms with Crippen molar-refractivity contribution in [1.29, 1.82) is 0 Å². The second-order valence-corrected chi connectivity index (χ2v) is 4.69. The quantitative estimate of drug-likeness (QED) is 0.835. The summed E-state index contributed by atoms with van der Waals surface area (Å²) in [5, 5.41) is 6.49. The van der Waals surface area contributed by atoms with Gasteiger partial charge >= 0.3 is 0 Å². The minimum absolute atomic E-state index is 0.405. The van der Waals surface area contributed by atoms with E-state index in [9.17, 15) is 0 Å². The molecular formula is C11H13ClN2OS. The number of halogens is 1. The summed E-state index contributed by atoms with van der Waals surface area (Å²) in [5.41, 5.74) is 1.11. The molecule has 2 aromatic heterocycles. The molecule has 2 rings (SSSR count). The smallest absolute Gasteiger partial charge is 0.194 e. The molecule has 2 aromatic rings. The summed E-state index contributed by atoms with van der Waals surface area (Å²) in [6.07, 6.45) is 2.09. The monoisotopic (exact) mass is 256 g/mol. The Kier molecular flexibility index (Phi) is 3.98. The third-order valence-corrected chi connectivity index (χ3v) is 3.30. The lowest BCUT2D eigenvalue weighted by molar-refractivity contribution is 0.583. The fourth-order valence-corrected chi connectivity index (χ4v) is 2.37. The topological polar surface area (TPSA) is 38.1 Å². The van der Waals surface area contributed by atoms with Gasteiger partial charge in [-0.15, -0.1) is 11.3 Å². The van der Waals surface area contributed by atoms with E-state index >= 15 is 0 Å². The summed E-state index contributed by atoms with van der Waals surface area (Å²) in [7, 11) is 1.96. The Morgan fingerprint density at radius 2 is 2.38 bits per heavy atom. The number of thiazole rings is 1. The van der Waals surface area contributed by atoms with Gasteiger partial charge in [-0.05, 0) is 50.2 Å². The first-order chi connectivity index (χ1) is 7.79. The maximum atomic E-state index is 5.72. The fourth-order valence-electron chi connectivity index (χ4n) is 1.41. The van der Waals surface area contributed by atoms with E-state index in [2.05, 4.69) is 15.7 Å². The van der Waals surface area contributed by atoms with E-state index in [1.807, 2.05) is 13.1 Å². The number of hydrogen-bond acceptors (Lipinski definition) is 4. The van der Waals surface area contributed by atoms with Crippen molar-refractivity contribution in [2.75, 3.05) is 13.6 Å². The van der Waals surface area contributed by atoms with Crippen LogP contribution in [0.5, 0.6) is 0 Å². The van der Waals surface area contributed by atoms with Gasteiger partial charge < -0.3 is 9.73 Å². The SMILES string of the molecule is CNCCCc1csc(-c2ccc(Cl)o2)n1. The largest absolute Gasteiger partial charge is 0.442 e. The molecule has 2 heterocycles. The van der Waals surface area contributed by atoms with Crippen LogP contribution in [0.2, 0.25) is 5.22 Å². The molecule has 0 saturated carbocycles. The van der Waals surface area contributed by atoms with Crippen LogP contribution in [-0.2, 0) is 6.42 Å². The highest BCUT2D eigenvalue weighted by molar-refractivity contribution is 7.13. The fraction of sp³-hybridized carbons (Fsp3) is 0.364. The summed E-state index contributed by atoms with van der Waals surface area (Å²) < 4.78 is 5.31. The number of aromatic nitrogens is 1. The van der Waals surface area contributed by atoms with Crippen LogP contribution in [0.25, 0.3) is 10.8 Å². The first-order valence-electron chi connectivity index (χ1n) is 5.14. The summed E-state index contributed by atoms with van der Waals surface area (Å²) in [6.45, 7) is 1.01. The van der Waals surface area contributed by atoms with Crippen LogP contribution in [0.3, 0.4) is 0 Å². The predicted octanol–water partition coefficient (Wildman–Crippen LogP) is 3.21. The van der Waals surface area contributed by atoms with Gasteiger partial charge in [0, 0.05) is 5.38 Å². The molecular weight excluding hydrogens is 244 g/mol. The van der Waals surface area contributed by atoms with Gasteiger partial charge in [-0.3, -0.25) is 0 Å². The van der Waals surface area contributed by atoms with E-state index in [1.165, 1.54) is 0 Å². The summed E-state index contributed by atoms with van der Waals surface area (Å²) in [5.74, 6) is 0.745. The average Bonchev–Trinajstić information content (AvgIpc) is 2.87. The van der Waals surface area contributed by atoms with E-state index in [-0.39, 0.29) is 0 Å². The van der Waals surface area contributed by atoms with Crippen molar-refractivity contribution in [3.63, 3.8) is 0 Å². The Bertz CT molecular complexity index is 452. The Balaban J connectivity index is 2.02. The first-order valence-corrected chi connectivity index (χ1v) is 6.40. The Morgan fingerprint density at radius 1 is 1.50 bits per heavy atom. The van der Waals surface area contributed by atoms with Crippen molar-refractivity contribution in [1.82, 2.24) is 10.3 Å². The number of rotatable bonds is 5. The van der Waals surface area contributed by atoms with Gasteiger partial charge in [0.1, 0.15) is 0 Å². The number of hydrogen-bond donors (Lipinski definition) is 1. The van der Waals surface area contributed by atoms with Gasteiger partial charge in [-0.1, -0.05) is 0 Å². The number of aryl methyl sites for hydroxylation is 1. The van der Waals surface area contributed by atoms with Gasteiger partial charge in [0.2, 0.25) is 0 Å². The van der Waals surface area contributed by atoms with Crippen molar-refractivity contribution in [2.24, 2.45) is 0 Å². The Morgan fingerprint density at radius 3 is 3.06 bits per heavy atom. The molecule has 0 fully saturated rings. The van der Waals surface area contributed by atoms with E-state index in [1.54, 1.807) is 17.4 Å². The zero-order valence-electron chi connectivity index (χ0n) is 9.00. The van der Waals surface area contributed by atoms with Crippen LogP contribution >= 0.6 is 22.9 Å². The van der Waals surface area contributed by atoms with Crippen molar-refractivity contribution in [2.45, 2.75) is 12.8 Å². The van der Waals surface area contributed by atoms with Crippen LogP contribution < -0.4 is 5.32 Å². The molecule has 0 bridgehead atoms. The molecule has 0 atom stereocenters. The number of nitrogens with zero attached hydrogens (tertiary/aromatic N) is 1. The average molecular weight is 257 g/mol. The molecule has 0 spiro atoms. The molecule has 3 nitrogen and oxygen atoms in total. The standard InChI is InChI=1S/C11H13ClN2OS/c1-13-6-2-3-8-7-16-11(14-8)9-4-5-10(12)15-9/h4-5,7,13H,2-3,6H2,1H3. The molecule has 0 amide bonds. The molecule has 0 aliphatic carbocycles. The molecule has 86 valence electrons. The van der Waals surface area contributed by atoms with Crippen LogP contribution in [-0.4, -0.2) is 18.6 Å². The lowest BCUT2D eigenvalue weighted by Crippen LogP contribution is -2.08. The van der Waals surface area contributed by atoms with E-state index in [4.69, 9.17) is 16.0 Å². The van der Waals surface area contributed by atoms with Crippen LogP contribution in [0.1, 0.15) is 12.1 Å². The maximum Gasteiger partial charge on any atom is 0.194 e. The second-order valence-electron chi connectivity index (χ2n) is 3.45. The lowest BCUT2D eigenvalue weighted by atomic mass is 10.2. The van der Waals surface area contributed by atoms with Crippen LogP contribution in [0.4, 0.5) is 0 Å². The predicted molar refractivity (Wildman–Crippen MR) is 67.1 cm³/mol. The van der Waals surface area contributed by atoms with Gasteiger partial charge in [0.25, 0.3) is 0 Å². The second kappa shape index (κ2) is 5.48. The summed E-state index contributed by atoms with van der Waals surface area (Å²) in [6, 6.07) is 3.58. The highest BCUT2D eigenvalue weighted by atomic mass is 35.5. The third kappa shape index (κ3) is 2.84. The number of nitrogens with one attached hydrogen (secondary N) is 1. The van der Waals surface area contributed by atoms with Crippen molar-refractivity contribution in [3.05, 3.63) is 28.4 Å². The summed E-state index contributed by atoms with van der Waals surface area (Å²) in [4.78, 5) is 4.50. The zero-order chi connectivity index (χ0) is 11.4. The molecule has 0 aromatic carbocycles. The van der Waals surface area contributed by atoms with Crippen molar-refractivity contribution < 1.29 is 4.42 Å². The van der Waals surface area contributed by atoms with Gasteiger partial charge in [-0.25, -0.2) is 4.98 Å². The minimum Gasteiger partial charge on any atom is -0.442 e. The molecule has 0 unspecified atom stereocenters. The molecule has 16 heavy (non-hydrogen) atoms. The Hall–Kier alpha value is -0.840. The molecule has 1 N–H and O–H groups in total. The molecule has 0 radical (unpaired) electrons. The molecule has 0 saturated heterocycles. The normalized spacial score (nSPS) is 10.9. The minimum atomic E-state index is 0.405.